The molecule has 2 saturated heterocycles. The molecule has 8 aromatic rings. The summed E-state index contributed by atoms with van der Waals surface area (Å²) in [4.78, 5) is 14.2. The lowest BCUT2D eigenvalue weighted by molar-refractivity contribution is 0.237. The van der Waals surface area contributed by atoms with E-state index in [1.54, 1.807) is 10.7 Å². The van der Waals surface area contributed by atoms with Crippen LogP contribution in [0.1, 0.15) is 44.2 Å². The number of nitrogens with two attached hydrogens (primary N) is 1. The van der Waals surface area contributed by atoms with Gasteiger partial charge in [-0.05, 0) is 132 Å². The molecule has 2 N–H and O–H groups in total. The van der Waals surface area contributed by atoms with Crippen LogP contribution in [0.4, 0.5) is 0 Å². The molecule has 2 aliphatic rings. The Morgan fingerprint density at radius 1 is 0.583 bits per heavy atom. The highest BCUT2D eigenvalue weighted by Gasteiger charge is 2.16. The normalized spacial score (nSPS) is 15.1. The van der Waals surface area contributed by atoms with Crippen molar-refractivity contribution in [2.75, 3.05) is 52.5 Å². The van der Waals surface area contributed by atoms with Gasteiger partial charge in [0.05, 0.1) is 16.9 Å². The second-order valence-corrected chi connectivity index (χ2v) is 16.5. The van der Waals surface area contributed by atoms with Crippen LogP contribution in [0.15, 0.2) is 127 Å². The Balaban J connectivity index is 0.000000167. The number of halogens is 1. The van der Waals surface area contributed by atoms with Gasteiger partial charge in [0.1, 0.15) is 24.7 Å². The van der Waals surface area contributed by atoms with E-state index in [2.05, 4.69) is 102 Å². The molecule has 0 amide bonds. The fourth-order valence-electron chi connectivity index (χ4n) is 8.25. The number of fused-ring (bicyclic) bond motifs is 3. The molecule has 4 aromatic heterocycles. The van der Waals surface area contributed by atoms with Gasteiger partial charge in [-0.15, -0.1) is 0 Å². The largest absolute Gasteiger partial charge is 0.492 e. The summed E-state index contributed by atoms with van der Waals surface area (Å²) < 4.78 is 16.3. The van der Waals surface area contributed by atoms with Gasteiger partial charge in [-0.3, -0.25) is 9.80 Å². The van der Waals surface area contributed by atoms with E-state index in [-0.39, 0.29) is 6.04 Å². The summed E-state index contributed by atoms with van der Waals surface area (Å²) in [7, 11) is 0. The van der Waals surface area contributed by atoms with E-state index >= 15 is 0 Å². The Hall–Kier alpha value is -5.66. The van der Waals surface area contributed by atoms with Crippen molar-refractivity contribution in [3.8, 4) is 44.9 Å². The van der Waals surface area contributed by atoms with Crippen LogP contribution in [0, 0.1) is 0 Å². The summed E-state index contributed by atoms with van der Waals surface area (Å²) in [5, 5.41) is 11.3. The summed E-state index contributed by atoms with van der Waals surface area (Å²) >= 11 is 3.44. The van der Waals surface area contributed by atoms with E-state index < -0.39 is 0 Å². The van der Waals surface area contributed by atoms with E-state index in [0.717, 1.165) is 97.9 Å². The van der Waals surface area contributed by atoms with Crippen molar-refractivity contribution in [1.29, 1.82) is 0 Å². The molecule has 0 saturated carbocycles. The number of ether oxygens (including phenoxy) is 2. The number of nitrogens with zero attached hydrogens (tertiary/aromatic N) is 8. The van der Waals surface area contributed by atoms with Crippen molar-refractivity contribution in [2.45, 2.75) is 38.6 Å². The SMILES string of the molecule is Brc1cnn2cc(-c3ccc(OCCN4CCCC4)cc3)cnc12.CC(N)c1ccc(-c2cnn3cc(-c4ccc(OCCN5CCCC5)cc4)cnc23)c2ccccc12. The molecule has 60 heavy (non-hydrogen) atoms. The van der Waals surface area contributed by atoms with Crippen molar-refractivity contribution in [3.05, 3.63) is 132 Å². The van der Waals surface area contributed by atoms with Gasteiger partial charge in [0.2, 0.25) is 0 Å². The number of hydrogen-bond donors (Lipinski definition) is 1. The number of likely N-dealkylation sites (tertiary alicyclic amines) is 2. The maximum atomic E-state index is 6.23. The summed E-state index contributed by atoms with van der Waals surface area (Å²) in [5.74, 6) is 1.81. The second kappa shape index (κ2) is 18.3. The Bertz CT molecular complexity index is 2680. The van der Waals surface area contributed by atoms with Gasteiger partial charge in [-0.2, -0.15) is 10.2 Å². The molecule has 0 spiro atoms. The van der Waals surface area contributed by atoms with Gasteiger partial charge < -0.3 is 15.2 Å². The highest BCUT2D eigenvalue weighted by molar-refractivity contribution is 9.10. The van der Waals surface area contributed by atoms with E-state index in [4.69, 9.17) is 20.2 Å². The molecule has 6 heterocycles. The lowest BCUT2D eigenvalue weighted by Gasteiger charge is -2.15. The zero-order chi connectivity index (χ0) is 40.8. The van der Waals surface area contributed by atoms with Gasteiger partial charge in [-0.1, -0.05) is 60.7 Å². The van der Waals surface area contributed by atoms with Gasteiger partial charge >= 0.3 is 0 Å². The van der Waals surface area contributed by atoms with Crippen molar-refractivity contribution in [2.24, 2.45) is 5.73 Å². The third kappa shape index (κ3) is 8.92. The maximum absolute atomic E-state index is 6.23. The Labute approximate surface area is 358 Å². The molecule has 4 aromatic carbocycles. The minimum atomic E-state index is -0.0320. The Kier molecular flexibility index (Phi) is 12.1. The highest BCUT2D eigenvalue weighted by atomic mass is 79.9. The zero-order valence-corrected chi connectivity index (χ0v) is 35.5. The van der Waals surface area contributed by atoms with E-state index in [1.807, 2.05) is 66.7 Å². The molecule has 0 radical (unpaired) electrons. The van der Waals surface area contributed by atoms with Crippen molar-refractivity contribution < 1.29 is 9.47 Å². The molecule has 306 valence electrons. The third-order valence-corrected chi connectivity index (χ3v) is 12.1. The van der Waals surface area contributed by atoms with Crippen LogP contribution < -0.4 is 15.2 Å². The van der Waals surface area contributed by atoms with Crippen LogP contribution in [-0.2, 0) is 0 Å². The fraction of sp³-hybridized carbons (Fsp3) is 0.292. The predicted octanol–water partition coefficient (Wildman–Crippen LogP) is 9.34. The van der Waals surface area contributed by atoms with Crippen molar-refractivity contribution in [1.82, 2.24) is 39.0 Å². The molecule has 2 fully saturated rings. The van der Waals surface area contributed by atoms with Gasteiger partial charge in [0, 0.05) is 60.6 Å². The van der Waals surface area contributed by atoms with Gasteiger partial charge in [0.25, 0.3) is 0 Å². The summed E-state index contributed by atoms with van der Waals surface area (Å²) in [6, 6.07) is 29.0. The number of aromatic nitrogens is 6. The minimum Gasteiger partial charge on any atom is -0.492 e. The first-order valence-electron chi connectivity index (χ1n) is 21.0. The maximum Gasteiger partial charge on any atom is 0.169 e. The smallest absolute Gasteiger partial charge is 0.169 e. The van der Waals surface area contributed by atoms with Gasteiger partial charge in [-0.25, -0.2) is 19.0 Å². The minimum absolute atomic E-state index is 0.0320. The zero-order valence-electron chi connectivity index (χ0n) is 34.0. The monoisotopic (exact) mass is 863 g/mol. The first-order chi connectivity index (χ1) is 29.5. The van der Waals surface area contributed by atoms with Gasteiger partial charge in [0.15, 0.2) is 11.3 Å². The molecule has 2 aliphatic heterocycles. The number of rotatable bonds is 12. The van der Waals surface area contributed by atoms with Crippen LogP contribution in [-0.4, -0.2) is 91.5 Å². The van der Waals surface area contributed by atoms with E-state index in [1.165, 1.54) is 57.2 Å². The second-order valence-electron chi connectivity index (χ2n) is 15.7. The topological polar surface area (TPSA) is 111 Å². The Morgan fingerprint density at radius 2 is 1.10 bits per heavy atom. The lowest BCUT2D eigenvalue weighted by Crippen LogP contribution is -2.25. The Morgan fingerprint density at radius 3 is 1.67 bits per heavy atom. The highest BCUT2D eigenvalue weighted by Crippen LogP contribution is 2.35. The standard InChI is InChI=1S/C30H31N5O.C18H19BrN4O/c1-21(31)25-12-13-28(27-7-3-2-6-26(25)27)29-19-33-35-20-23(18-32-30(29)35)22-8-10-24(11-9-22)36-17-16-34-14-4-5-15-34;19-17-12-21-23-13-15(11-20-18(17)23)14-3-5-16(6-4-14)24-10-9-22-7-1-2-8-22/h2-3,6-13,18-21H,4-5,14-17,31H2,1H3;3-6,11-13H,1-2,7-10H2. The predicted molar refractivity (Wildman–Crippen MR) is 242 cm³/mol. The molecular weight excluding hydrogens is 814 g/mol. The van der Waals surface area contributed by atoms with E-state index in [0.29, 0.717) is 0 Å². The number of benzene rings is 4. The number of hydrogen-bond acceptors (Lipinski definition) is 9. The molecule has 0 bridgehead atoms. The first kappa shape index (κ1) is 39.8. The molecule has 11 nitrogen and oxygen atoms in total. The molecule has 0 aliphatic carbocycles. The third-order valence-electron chi connectivity index (χ3n) is 11.5. The lowest BCUT2D eigenvalue weighted by atomic mass is 9.94. The van der Waals surface area contributed by atoms with Crippen LogP contribution in [0.25, 0.3) is 55.4 Å². The average molecular weight is 865 g/mol. The van der Waals surface area contributed by atoms with Crippen LogP contribution in [0.3, 0.4) is 0 Å². The summed E-state index contributed by atoms with van der Waals surface area (Å²) in [6.07, 6.45) is 16.7. The molecular formula is C48H50BrN9O2. The van der Waals surface area contributed by atoms with Crippen LogP contribution in [0.5, 0.6) is 11.5 Å². The molecule has 1 atom stereocenters. The van der Waals surface area contributed by atoms with E-state index in [9.17, 15) is 0 Å². The fourth-order valence-corrected chi connectivity index (χ4v) is 8.62. The van der Waals surface area contributed by atoms with Crippen molar-refractivity contribution in [3.63, 3.8) is 0 Å². The van der Waals surface area contributed by atoms with Crippen molar-refractivity contribution >= 4 is 38.0 Å². The molecule has 1 unspecified atom stereocenters. The van der Waals surface area contributed by atoms with Crippen LogP contribution in [0.2, 0.25) is 0 Å². The first-order valence-corrected chi connectivity index (χ1v) is 21.8. The molecule has 12 heteroatoms. The van der Waals surface area contributed by atoms with Crippen LogP contribution >= 0.6 is 15.9 Å². The average Bonchev–Trinajstić information content (AvgIpc) is 4.13. The summed E-state index contributed by atoms with van der Waals surface area (Å²) in [6.45, 7) is 10.3. The molecule has 10 rings (SSSR count). The summed E-state index contributed by atoms with van der Waals surface area (Å²) in [5.41, 5.74) is 15.4. The quantitative estimate of drug-likeness (QED) is 0.129.